The predicted molar refractivity (Wildman–Crippen MR) is 65.9 cm³/mol. The normalized spacial score (nSPS) is 21.6. The van der Waals surface area contributed by atoms with Gasteiger partial charge < -0.3 is 16.4 Å². The number of piperidine rings is 1. The van der Waals surface area contributed by atoms with Gasteiger partial charge in [-0.15, -0.1) is 0 Å². The van der Waals surface area contributed by atoms with E-state index in [0.29, 0.717) is 6.42 Å². The van der Waals surface area contributed by atoms with Gasteiger partial charge >= 0.3 is 0 Å². The molecule has 1 fully saturated rings. The van der Waals surface area contributed by atoms with Crippen molar-refractivity contribution in [2.45, 2.75) is 51.0 Å². The number of hydrogen-bond acceptors (Lipinski definition) is 3. The van der Waals surface area contributed by atoms with Gasteiger partial charge in [0.05, 0.1) is 5.54 Å². The highest BCUT2D eigenvalue weighted by Gasteiger charge is 2.24. The predicted octanol–water partition coefficient (Wildman–Crippen LogP) is 0.845. The molecule has 1 saturated heterocycles. The topological polar surface area (TPSA) is 72.3 Å². The monoisotopic (exact) mass is 227 g/mol. The minimum atomic E-state index is -0.831. The third kappa shape index (κ3) is 4.49. The number of unbranched alkanes of at least 4 members (excludes halogenated alkanes) is 1. The largest absolute Gasteiger partial charge is 0.368 e. The van der Waals surface area contributed by atoms with Crippen molar-refractivity contribution < 1.29 is 4.79 Å². The van der Waals surface area contributed by atoms with Crippen molar-refractivity contribution in [3.05, 3.63) is 0 Å². The first-order valence-corrected chi connectivity index (χ1v) is 6.33. The van der Waals surface area contributed by atoms with Crippen molar-refractivity contribution in [2.75, 3.05) is 19.6 Å². The zero-order valence-corrected chi connectivity index (χ0v) is 10.4. The molecule has 1 aliphatic rings. The SMILES string of the molecule is CC(N)(CCCCN1CCCCC1)C(N)=O. The first-order chi connectivity index (χ1) is 7.52. The summed E-state index contributed by atoms with van der Waals surface area (Å²) < 4.78 is 0. The number of carbonyl (C=O) groups is 1. The second kappa shape index (κ2) is 6.21. The minimum absolute atomic E-state index is 0.398. The highest BCUT2D eigenvalue weighted by Crippen LogP contribution is 2.13. The molecular formula is C12H25N3O. The summed E-state index contributed by atoms with van der Waals surface area (Å²) in [5.41, 5.74) is 10.2. The Morgan fingerprint density at radius 1 is 1.25 bits per heavy atom. The van der Waals surface area contributed by atoms with Crippen LogP contribution in [0.15, 0.2) is 0 Å². The molecule has 16 heavy (non-hydrogen) atoms. The standard InChI is InChI=1S/C12H25N3O/c1-12(14,11(13)16)7-3-6-10-15-8-4-2-5-9-15/h2-10,14H2,1H3,(H2,13,16). The van der Waals surface area contributed by atoms with E-state index in [1.54, 1.807) is 6.92 Å². The van der Waals surface area contributed by atoms with Crippen LogP contribution in [0.1, 0.15) is 45.4 Å². The van der Waals surface area contributed by atoms with Crippen LogP contribution >= 0.6 is 0 Å². The quantitative estimate of drug-likeness (QED) is 0.661. The molecule has 0 saturated carbocycles. The van der Waals surface area contributed by atoms with E-state index in [-0.39, 0.29) is 0 Å². The Hall–Kier alpha value is -0.610. The lowest BCUT2D eigenvalue weighted by Gasteiger charge is -2.27. The highest BCUT2D eigenvalue weighted by molar-refractivity contribution is 5.83. The van der Waals surface area contributed by atoms with Crippen LogP contribution < -0.4 is 11.5 Å². The maximum absolute atomic E-state index is 11.0. The van der Waals surface area contributed by atoms with Gasteiger partial charge in [-0.3, -0.25) is 4.79 Å². The first-order valence-electron chi connectivity index (χ1n) is 6.33. The van der Waals surface area contributed by atoms with E-state index in [4.69, 9.17) is 11.5 Å². The number of carbonyl (C=O) groups excluding carboxylic acids is 1. The van der Waals surface area contributed by atoms with Gasteiger partial charge in [0.15, 0.2) is 0 Å². The Labute approximate surface area is 98.3 Å². The third-order valence-electron chi connectivity index (χ3n) is 3.43. The van der Waals surface area contributed by atoms with Crippen molar-refractivity contribution in [3.8, 4) is 0 Å². The van der Waals surface area contributed by atoms with Gasteiger partial charge in [-0.1, -0.05) is 6.42 Å². The number of nitrogens with zero attached hydrogens (tertiary/aromatic N) is 1. The molecule has 0 aromatic heterocycles. The van der Waals surface area contributed by atoms with Gasteiger partial charge in [0.2, 0.25) is 5.91 Å². The summed E-state index contributed by atoms with van der Waals surface area (Å²) in [5.74, 6) is -0.398. The van der Waals surface area contributed by atoms with Crippen LogP contribution in [0.4, 0.5) is 0 Å². The fourth-order valence-electron chi connectivity index (χ4n) is 2.13. The molecule has 0 aromatic carbocycles. The molecule has 1 rings (SSSR count). The number of likely N-dealkylation sites (tertiary alicyclic amines) is 1. The Morgan fingerprint density at radius 3 is 2.44 bits per heavy atom. The molecule has 94 valence electrons. The van der Waals surface area contributed by atoms with E-state index >= 15 is 0 Å². The zero-order valence-electron chi connectivity index (χ0n) is 10.4. The minimum Gasteiger partial charge on any atom is -0.368 e. The molecule has 4 N–H and O–H groups in total. The summed E-state index contributed by atoms with van der Waals surface area (Å²) in [7, 11) is 0. The molecule has 0 bridgehead atoms. The molecule has 0 aromatic rings. The van der Waals surface area contributed by atoms with Gasteiger partial charge in [-0.25, -0.2) is 0 Å². The number of rotatable bonds is 6. The van der Waals surface area contributed by atoms with E-state index in [0.717, 1.165) is 19.4 Å². The average molecular weight is 227 g/mol. The fourth-order valence-corrected chi connectivity index (χ4v) is 2.13. The van der Waals surface area contributed by atoms with Crippen LogP contribution in [0.3, 0.4) is 0 Å². The summed E-state index contributed by atoms with van der Waals surface area (Å²) >= 11 is 0. The number of hydrogen-bond donors (Lipinski definition) is 2. The Kier molecular flexibility index (Phi) is 5.22. The van der Waals surface area contributed by atoms with E-state index in [9.17, 15) is 4.79 Å². The highest BCUT2D eigenvalue weighted by atomic mass is 16.1. The second-order valence-corrected chi connectivity index (χ2v) is 5.14. The molecule has 0 aliphatic carbocycles. The van der Waals surface area contributed by atoms with Crippen molar-refractivity contribution in [2.24, 2.45) is 11.5 Å². The molecule has 1 heterocycles. The summed E-state index contributed by atoms with van der Waals surface area (Å²) in [4.78, 5) is 13.5. The molecule has 0 spiro atoms. The van der Waals surface area contributed by atoms with Crippen LogP contribution in [0.25, 0.3) is 0 Å². The maximum Gasteiger partial charge on any atom is 0.237 e. The fraction of sp³-hybridized carbons (Fsp3) is 0.917. The molecular weight excluding hydrogens is 202 g/mol. The number of nitrogens with two attached hydrogens (primary N) is 2. The Morgan fingerprint density at radius 2 is 1.88 bits per heavy atom. The molecule has 1 atom stereocenters. The van der Waals surface area contributed by atoms with Crippen LogP contribution in [0, 0.1) is 0 Å². The molecule has 0 radical (unpaired) electrons. The van der Waals surface area contributed by atoms with Gasteiger partial charge in [-0.2, -0.15) is 0 Å². The smallest absolute Gasteiger partial charge is 0.237 e. The first kappa shape index (κ1) is 13.5. The molecule has 1 amide bonds. The molecule has 1 aliphatic heterocycles. The van der Waals surface area contributed by atoms with Crippen LogP contribution in [0.2, 0.25) is 0 Å². The summed E-state index contributed by atoms with van der Waals surface area (Å²) in [5, 5.41) is 0. The van der Waals surface area contributed by atoms with Gasteiger partial charge in [0, 0.05) is 0 Å². The lowest BCUT2D eigenvalue weighted by molar-refractivity contribution is -0.122. The van der Waals surface area contributed by atoms with Crippen LogP contribution in [0.5, 0.6) is 0 Å². The van der Waals surface area contributed by atoms with E-state index < -0.39 is 11.4 Å². The van der Waals surface area contributed by atoms with Gasteiger partial charge in [-0.05, 0) is 58.7 Å². The van der Waals surface area contributed by atoms with Crippen molar-refractivity contribution in [3.63, 3.8) is 0 Å². The lowest BCUT2D eigenvalue weighted by Crippen LogP contribution is -2.49. The molecule has 4 nitrogen and oxygen atoms in total. The van der Waals surface area contributed by atoms with Crippen LogP contribution in [-0.4, -0.2) is 36.0 Å². The average Bonchev–Trinajstić information content (AvgIpc) is 2.26. The summed E-state index contributed by atoms with van der Waals surface area (Å²) in [6.07, 6.45) is 6.81. The molecule has 4 heteroatoms. The number of amides is 1. The Balaban J connectivity index is 2.09. The Bertz CT molecular complexity index is 222. The van der Waals surface area contributed by atoms with E-state index in [1.165, 1.54) is 32.4 Å². The van der Waals surface area contributed by atoms with Gasteiger partial charge in [0.25, 0.3) is 0 Å². The summed E-state index contributed by atoms with van der Waals surface area (Å²) in [6.45, 7) is 5.32. The van der Waals surface area contributed by atoms with E-state index in [2.05, 4.69) is 4.90 Å². The van der Waals surface area contributed by atoms with Crippen LogP contribution in [-0.2, 0) is 4.79 Å². The summed E-state index contributed by atoms with van der Waals surface area (Å²) in [6, 6.07) is 0. The van der Waals surface area contributed by atoms with Crippen molar-refractivity contribution >= 4 is 5.91 Å². The zero-order chi connectivity index (χ0) is 12.0. The second-order valence-electron chi connectivity index (χ2n) is 5.14. The molecule has 1 unspecified atom stereocenters. The number of primary amides is 1. The van der Waals surface area contributed by atoms with E-state index in [1.807, 2.05) is 0 Å². The van der Waals surface area contributed by atoms with Crippen molar-refractivity contribution in [1.82, 2.24) is 4.90 Å². The van der Waals surface area contributed by atoms with Crippen molar-refractivity contribution in [1.29, 1.82) is 0 Å². The lowest BCUT2D eigenvalue weighted by atomic mass is 9.95. The maximum atomic E-state index is 11.0. The third-order valence-corrected chi connectivity index (χ3v) is 3.43. The van der Waals surface area contributed by atoms with Gasteiger partial charge in [0.1, 0.15) is 0 Å².